The van der Waals surface area contributed by atoms with Crippen molar-refractivity contribution in [3.63, 3.8) is 0 Å². The first kappa shape index (κ1) is 18.9. The number of ether oxygens (including phenoxy) is 1. The van der Waals surface area contributed by atoms with E-state index in [0.29, 0.717) is 5.96 Å². The number of nitrogens with two attached hydrogens (primary N) is 1. The van der Waals surface area contributed by atoms with Gasteiger partial charge in [0.05, 0.1) is 19.8 Å². The highest BCUT2D eigenvalue weighted by Gasteiger charge is 2.28. The summed E-state index contributed by atoms with van der Waals surface area (Å²) in [4.78, 5) is 9.06. The second kappa shape index (κ2) is 8.97. The Bertz CT molecular complexity index is 274. The van der Waals surface area contributed by atoms with E-state index in [9.17, 15) is 0 Å². The van der Waals surface area contributed by atoms with Gasteiger partial charge in [-0.05, 0) is 27.7 Å². The summed E-state index contributed by atoms with van der Waals surface area (Å²) in [7, 11) is 0. The van der Waals surface area contributed by atoms with Gasteiger partial charge in [0, 0.05) is 31.7 Å². The van der Waals surface area contributed by atoms with Gasteiger partial charge in [-0.3, -0.25) is 9.89 Å². The van der Waals surface area contributed by atoms with Crippen molar-refractivity contribution in [2.75, 3.05) is 45.9 Å². The van der Waals surface area contributed by atoms with Crippen molar-refractivity contribution in [3.05, 3.63) is 0 Å². The van der Waals surface area contributed by atoms with E-state index in [4.69, 9.17) is 10.5 Å². The molecule has 0 aromatic carbocycles. The highest BCUT2D eigenvalue weighted by atomic mass is 127. The van der Waals surface area contributed by atoms with Crippen molar-refractivity contribution < 1.29 is 4.74 Å². The molecule has 0 amide bonds. The van der Waals surface area contributed by atoms with Gasteiger partial charge in [0.15, 0.2) is 5.96 Å². The van der Waals surface area contributed by atoms with E-state index in [0.717, 1.165) is 45.9 Å². The van der Waals surface area contributed by atoms with E-state index in [1.54, 1.807) is 0 Å². The van der Waals surface area contributed by atoms with E-state index in [2.05, 4.69) is 42.5 Å². The van der Waals surface area contributed by atoms with Gasteiger partial charge in [-0.1, -0.05) is 0 Å². The lowest BCUT2D eigenvalue weighted by Gasteiger charge is -2.40. The lowest BCUT2D eigenvalue weighted by molar-refractivity contribution is -0.00687. The van der Waals surface area contributed by atoms with Crippen LogP contribution in [-0.4, -0.2) is 67.2 Å². The Morgan fingerprint density at radius 1 is 1.26 bits per heavy atom. The Morgan fingerprint density at radius 3 is 2.26 bits per heavy atom. The fourth-order valence-electron chi connectivity index (χ4n) is 2.19. The van der Waals surface area contributed by atoms with Crippen LogP contribution in [0.2, 0.25) is 0 Å². The van der Waals surface area contributed by atoms with Gasteiger partial charge in [-0.25, -0.2) is 0 Å². The SMILES string of the molecule is CCN(CC)C(N)=NCC(C)(C)N1CCOCC1.I. The average Bonchev–Trinajstić information content (AvgIpc) is 2.39. The van der Waals surface area contributed by atoms with Gasteiger partial charge in [0.25, 0.3) is 0 Å². The van der Waals surface area contributed by atoms with Crippen molar-refractivity contribution in [2.45, 2.75) is 33.2 Å². The van der Waals surface area contributed by atoms with Gasteiger partial charge in [-0.15, -0.1) is 24.0 Å². The van der Waals surface area contributed by atoms with Crippen LogP contribution in [0.1, 0.15) is 27.7 Å². The van der Waals surface area contributed by atoms with E-state index in [1.165, 1.54) is 0 Å². The predicted molar refractivity (Wildman–Crippen MR) is 91.3 cm³/mol. The molecule has 1 fully saturated rings. The van der Waals surface area contributed by atoms with Crippen LogP contribution < -0.4 is 5.73 Å². The van der Waals surface area contributed by atoms with Crippen molar-refractivity contribution >= 4 is 29.9 Å². The first-order valence-corrected chi connectivity index (χ1v) is 6.89. The maximum Gasteiger partial charge on any atom is 0.191 e. The lowest BCUT2D eigenvalue weighted by Crippen LogP contribution is -2.52. The first-order chi connectivity index (χ1) is 8.51. The standard InChI is InChI=1S/C13H28N4O.HI/c1-5-16(6-2)12(14)15-11-13(3,4)17-7-9-18-10-8-17;/h5-11H2,1-4H3,(H2,14,15);1H. The van der Waals surface area contributed by atoms with Crippen LogP contribution >= 0.6 is 24.0 Å². The summed E-state index contributed by atoms with van der Waals surface area (Å²) < 4.78 is 5.38. The van der Waals surface area contributed by atoms with Gasteiger partial charge >= 0.3 is 0 Å². The molecule has 114 valence electrons. The molecule has 2 N–H and O–H groups in total. The van der Waals surface area contributed by atoms with Gasteiger partial charge < -0.3 is 15.4 Å². The van der Waals surface area contributed by atoms with Crippen LogP contribution in [0.15, 0.2) is 4.99 Å². The smallest absolute Gasteiger partial charge is 0.191 e. The van der Waals surface area contributed by atoms with E-state index < -0.39 is 0 Å². The average molecular weight is 384 g/mol. The Hall–Kier alpha value is -0.0800. The molecule has 1 heterocycles. The van der Waals surface area contributed by atoms with Crippen LogP contribution in [-0.2, 0) is 4.74 Å². The summed E-state index contributed by atoms with van der Waals surface area (Å²) in [6, 6.07) is 0. The second-order valence-electron chi connectivity index (χ2n) is 5.26. The summed E-state index contributed by atoms with van der Waals surface area (Å²) in [5, 5.41) is 0. The molecule has 0 unspecified atom stereocenters. The van der Waals surface area contributed by atoms with Gasteiger partial charge in [0.1, 0.15) is 0 Å². The topological polar surface area (TPSA) is 54.1 Å². The number of rotatable bonds is 5. The van der Waals surface area contributed by atoms with Gasteiger partial charge in [0.2, 0.25) is 0 Å². The molecule has 1 rings (SSSR count). The number of guanidine groups is 1. The summed E-state index contributed by atoms with van der Waals surface area (Å²) in [6.45, 7) is 14.8. The van der Waals surface area contributed by atoms with Crippen molar-refractivity contribution in [1.82, 2.24) is 9.80 Å². The van der Waals surface area contributed by atoms with Gasteiger partial charge in [-0.2, -0.15) is 0 Å². The summed E-state index contributed by atoms with van der Waals surface area (Å²) >= 11 is 0. The number of hydrogen-bond donors (Lipinski definition) is 1. The van der Waals surface area contributed by atoms with E-state index in [-0.39, 0.29) is 29.5 Å². The molecule has 0 atom stereocenters. The fraction of sp³-hybridized carbons (Fsp3) is 0.923. The summed E-state index contributed by atoms with van der Waals surface area (Å²) in [6.07, 6.45) is 0. The molecule has 0 aromatic rings. The van der Waals surface area contributed by atoms with E-state index >= 15 is 0 Å². The molecule has 19 heavy (non-hydrogen) atoms. The largest absolute Gasteiger partial charge is 0.379 e. The minimum Gasteiger partial charge on any atom is -0.379 e. The maximum atomic E-state index is 6.01. The van der Waals surface area contributed by atoms with E-state index in [1.807, 2.05) is 0 Å². The normalized spacial score (nSPS) is 18.0. The van der Waals surface area contributed by atoms with Crippen LogP contribution in [0.5, 0.6) is 0 Å². The molecule has 0 bridgehead atoms. The molecular weight excluding hydrogens is 355 g/mol. The third kappa shape index (κ3) is 5.83. The number of nitrogens with zero attached hydrogens (tertiary/aromatic N) is 3. The van der Waals surface area contributed by atoms with Crippen LogP contribution in [0.25, 0.3) is 0 Å². The third-order valence-electron chi connectivity index (χ3n) is 3.58. The number of halogens is 1. The fourth-order valence-corrected chi connectivity index (χ4v) is 2.19. The maximum absolute atomic E-state index is 6.01. The third-order valence-corrected chi connectivity index (χ3v) is 3.58. The summed E-state index contributed by atoms with van der Waals surface area (Å²) in [5.41, 5.74) is 6.05. The predicted octanol–water partition coefficient (Wildman–Crippen LogP) is 1.37. The Kier molecular flexibility index (Phi) is 8.93. The first-order valence-electron chi connectivity index (χ1n) is 6.89. The Balaban J connectivity index is 0.00000324. The molecule has 5 nitrogen and oxygen atoms in total. The highest BCUT2D eigenvalue weighted by Crippen LogP contribution is 2.16. The number of morpholine rings is 1. The van der Waals surface area contributed by atoms with Crippen LogP contribution in [0.3, 0.4) is 0 Å². The van der Waals surface area contributed by atoms with Crippen LogP contribution in [0, 0.1) is 0 Å². The van der Waals surface area contributed by atoms with Crippen molar-refractivity contribution in [3.8, 4) is 0 Å². The van der Waals surface area contributed by atoms with Crippen LogP contribution in [0.4, 0.5) is 0 Å². The quantitative estimate of drug-likeness (QED) is 0.442. The second-order valence-corrected chi connectivity index (χ2v) is 5.26. The molecule has 0 saturated carbocycles. The van der Waals surface area contributed by atoms with Crippen molar-refractivity contribution in [2.24, 2.45) is 10.7 Å². The zero-order chi connectivity index (χ0) is 13.6. The minimum atomic E-state index is 0. The molecule has 0 radical (unpaired) electrons. The number of hydrogen-bond acceptors (Lipinski definition) is 3. The molecule has 1 aliphatic heterocycles. The molecule has 0 spiro atoms. The highest BCUT2D eigenvalue weighted by molar-refractivity contribution is 14.0. The van der Waals surface area contributed by atoms with Crippen molar-refractivity contribution in [1.29, 1.82) is 0 Å². The molecule has 6 heteroatoms. The molecule has 0 aromatic heterocycles. The lowest BCUT2D eigenvalue weighted by atomic mass is 10.0. The molecular formula is C13H29IN4O. The monoisotopic (exact) mass is 384 g/mol. The summed E-state index contributed by atoms with van der Waals surface area (Å²) in [5.74, 6) is 0.654. The Labute approximate surface area is 134 Å². The zero-order valence-electron chi connectivity index (χ0n) is 12.7. The Morgan fingerprint density at radius 2 is 1.79 bits per heavy atom. The molecule has 1 saturated heterocycles. The molecule has 1 aliphatic rings. The minimum absolute atomic E-state index is 0. The molecule has 0 aliphatic carbocycles. The number of aliphatic imine (C=N–C) groups is 1. The zero-order valence-corrected chi connectivity index (χ0v) is 15.0.